The minimum atomic E-state index is -0.557. The van der Waals surface area contributed by atoms with Gasteiger partial charge in [-0.15, -0.1) is 0 Å². The van der Waals surface area contributed by atoms with E-state index in [1.54, 1.807) is 21.0 Å². The molecule has 22 heavy (non-hydrogen) atoms. The van der Waals surface area contributed by atoms with Crippen LogP contribution in [0.5, 0.6) is 0 Å². The first kappa shape index (κ1) is 16.2. The maximum atomic E-state index is 12.5. The van der Waals surface area contributed by atoms with Crippen LogP contribution in [0, 0.1) is 5.92 Å². The molecule has 0 bridgehead atoms. The van der Waals surface area contributed by atoms with Crippen molar-refractivity contribution in [1.29, 1.82) is 0 Å². The Hall–Kier alpha value is -2.14. The summed E-state index contributed by atoms with van der Waals surface area (Å²) in [5.74, 6) is -1.46. The zero-order valence-electron chi connectivity index (χ0n) is 13.1. The van der Waals surface area contributed by atoms with Gasteiger partial charge in [0, 0.05) is 19.6 Å². The number of benzene rings is 1. The minimum absolute atomic E-state index is 0.183. The highest BCUT2D eigenvalue weighted by Crippen LogP contribution is 2.38. The maximum Gasteiger partial charge on any atom is 0.290 e. The lowest BCUT2D eigenvalue weighted by molar-refractivity contribution is -0.130. The zero-order valence-corrected chi connectivity index (χ0v) is 13.1. The molecular formula is C17H21NO4. The second-order valence-corrected chi connectivity index (χ2v) is 5.59. The normalized spacial score (nSPS) is 18.5. The van der Waals surface area contributed by atoms with Crippen LogP contribution in [0.2, 0.25) is 0 Å². The van der Waals surface area contributed by atoms with E-state index in [-0.39, 0.29) is 17.3 Å². The third kappa shape index (κ3) is 2.90. The molecular weight excluding hydrogens is 282 g/mol. The van der Waals surface area contributed by atoms with E-state index in [4.69, 9.17) is 4.74 Å². The van der Waals surface area contributed by atoms with Gasteiger partial charge in [-0.25, -0.2) is 0 Å². The molecule has 1 aliphatic heterocycles. The number of methoxy groups -OCH3 is 1. The third-order valence-electron chi connectivity index (χ3n) is 3.75. The summed E-state index contributed by atoms with van der Waals surface area (Å²) < 4.78 is 5.04. The number of Topliss-reactive ketones (excluding diaryl/α,β-unsaturated/α-hetero) is 1. The van der Waals surface area contributed by atoms with Crippen LogP contribution in [-0.2, 0) is 14.3 Å². The number of nitrogens with zero attached hydrogens (tertiary/aromatic N) is 1. The summed E-state index contributed by atoms with van der Waals surface area (Å²) >= 11 is 0. The average molecular weight is 303 g/mol. The predicted molar refractivity (Wildman–Crippen MR) is 82.3 cm³/mol. The number of hydrogen-bond acceptors (Lipinski definition) is 4. The molecule has 0 fully saturated rings. The number of amides is 1. The van der Waals surface area contributed by atoms with Gasteiger partial charge in [0.25, 0.3) is 5.91 Å². The molecule has 1 amide bonds. The van der Waals surface area contributed by atoms with Crippen LogP contribution in [0.3, 0.4) is 0 Å². The molecule has 1 aromatic carbocycles. The van der Waals surface area contributed by atoms with Gasteiger partial charge in [-0.1, -0.05) is 44.2 Å². The molecule has 5 nitrogen and oxygen atoms in total. The van der Waals surface area contributed by atoms with E-state index < -0.39 is 17.7 Å². The van der Waals surface area contributed by atoms with E-state index in [0.717, 1.165) is 5.56 Å². The van der Waals surface area contributed by atoms with Gasteiger partial charge in [0.05, 0.1) is 18.2 Å². The van der Waals surface area contributed by atoms with Crippen molar-refractivity contribution in [2.45, 2.75) is 19.9 Å². The first-order valence-corrected chi connectivity index (χ1v) is 7.31. The van der Waals surface area contributed by atoms with Crippen molar-refractivity contribution in [2.24, 2.45) is 5.92 Å². The Morgan fingerprint density at radius 2 is 1.95 bits per heavy atom. The van der Waals surface area contributed by atoms with E-state index in [0.29, 0.717) is 13.2 Å². The number of rotatable bonds is 6. The highest BCUT2D eigenvalue weighted by atomic mass is 16.5. The fraction of sp³-hybridized carbons (Fsp3) is 0.412. The Kier molecular flexibility index (Phi) is 4.98. The van der Waals surface area contributed by atoms with Gasteiger partial charge in [0.15, 0.2) is 11.5 Å². The second kappa shape index (κ2) is 6.75. The molecule has 1 unspecified atom stereocenters. The summed E-state index contributed by atoms with van der Waals surface area (Å²) in [7, 11) is 1.55. The summed E-state index contributed by atoms with van der Waals surface area (Å²) in [6.45, 7) is 4.17. The quantitative estimate of drug-likeness (QED) is 0.875. The molecule has 1 aliphatic rings. The molecule has 0 saturated heterocycles. The Bertz CT molecular complexity index is 592. The standard InChI is InChI=1S/C17H21NO4/c1-11(2)15(19)13-14(12-7-5-4-6-8-12)18(9-10-22-3)17(21)16(13)20/h4-8,11,14,20H,9-10H2,1-3H3. The molecule has 1 N–H and O–H groups in total. The molecule has 5 heteroatoms. The fourth-order valence-electron chi connectivity index (χ4n) is 2.62. The molecule has 0 radical (unpaired) electrons. The highest BCUT2D eigenvalue weighted by molar-refractivity contribution is 6.09. The van der Waals surface area contributed by atoms with Crippen molar-refractivity contribution in [3.63, 3.8) is 0 Å². The second-order valence-electron chi connectivity index (χ2n) is 5.59. The third-order valence-corrected chi connectivity index (χ3v) is 3.75. The van der Waals surface area contributed by atoms with E-state index >= 15 is 0 Å². The van der Waals surface area contributed by atoms with Gasteiger partial charge in [0.1, 0.15) is 0 Å². The number of ketones is 1. The fourth-order valence-corrected chi connectivity index (χ4v) is 2.62. The number of aliphatic hydroxyl groups excluding tert-OH is 1. The lowest BCUT2D eigenvalue weighted by atomic mass is 9.91. The summed E-state index contributed by atoms with van der Waals surface area (Å²) in [4.78, 5) is 26.3. The molecule has 0 aromatic heterocycles. The van der Waals surface area contributed by atoms with Gasteiger partial charge in [-0.3, -0.25) is 9.59 Å². The molecule has 0 aliphatic carbocycles. The van der Waals surface area contributed by atoms with Crippen molar-refractivity contribution in [3.05, 3.63) is 47.2 Å². The largest absolute Gasteiger partial charge is 0.503 e. The molecule has 118 valence electrons. The first-order chi connectivity index (χ1) is 10.5. The lowest BCUT2D eigenvalue weighted by Gasteiger charge is -2.27. The van der Waals surface area contributed by atoms with Crippen LogP contribution in [0.1, 0.15) is 25.5 Å². The number of ether oxygens (including phenoxy) is 1. The number of carbonyl (C=O) groups is 2. The highest BCUT2D eigenvalue weighted by Gasteiger charge is 2.43. The van der Waals surface area contributed by atoms with Crippen molar-refractivity contribution < 1.29 is 19.4 Å². The van der Waals surface area contributed by atoms with Gasteiger partial charge in [-0.2, -0.15) is 0 Å². The first-order valence-electron chi connectivity index (χ1n) is 7.31. The van der Waals surface area contributed by atoms with E-state index in [1.165, 1.54) is 4.90 Å². The van der Waals surface area contributed by atoms with Crippen LogP contribution in [0.15, 0.2) is 41.7 Å². The SMILES string of the molecule is COCCN1C(=O)C(O)=C(C(=O)C(C)C)C1c1ccccc1. The van der Waals surface area contributed by atoms with Crippen molar-refractivity contribution in [3.8, 4) is 0 Å². The van der Waals surface area contributed by atoms with E-state index in [2.05, 4.69) is 0 Å². The molecule has 1 aromatic rings. The maximum absolute atomic E-state index is 12.5. The average Bonchev–Trinajstić information content (AvgIpc) is 2.77. The van der Waals surface area contributed by atoms with Crippen LogP contribution in [0.4, 0.5) is 0 Å². The Balaban J connectivity index is 2.48. The summed E-state index contributed by atoms with van der Waals surface area (Å²) in [5, 5.41) is 10.2. The topological polar surface area (TPSA) is 66.8 Å². The van der Waals surface area contributed by atoms with Gasteiger partial charge in [0.2, 0.25) is 0 Å². The van der Waals surface area contributed by atoms with Gasteiger partial charge in [-0.05, 0) is 5.56 Å². The molecule has 0 saturated carbocycles. The Morgan fingerprint density at radius 1 is 1.32 bits per heavy atom. The van der Waals surface area contributed by atoms with Crippen LogP contribution in [-0.4, -0.2) is 42.0 Å². The Morgan fingerprint density at radius 3 is 2.50 bits per heavy atom. The van der Waals surface area contributed by atoms with Crippen LogP contribution >= 0.6 is 0 Å². The van der Waals surface area contributed by atoms with E-state index in [1.807, 2.05) is 30.3 Å². The van der Waals surface area contributed by atoms with Crippen LogP contribution < -0.4 is 0 Å². The lowest BCUT2D eigenvalue weighted by Crippen LogP contribution is -2.34. The number of hydrogen-bond donors (Lipinski definition) is 1. The molecule has 1 atom stereocenters. The Labute approximate surface area is 130 Å². The summed E-state index contributed by atoms with van der Waals surface area (Å²) in [6.07, 6.45) is 0. The number of aliphatic hydroxyl groups is 1. The predicted octanol–water partition coefficient (Wildman–Crippen LogP) is 2.25. The van der Waals surface area contributed by atoms with Crippen molar-refractivity contribution in [1.82, 2.24) is 4.90 Å². The smallest absolute Gasteiger partial charge is 0.290 e. The van der Waals surface area contributed by atoms with Gasteiger partial charge < -0.3 is 14.7 Å². The summed E-state index contributed by atoms with van der Waals surface area (Å²) in [6, 6.07) is 8.71. The van der Waals surface area contributed by atoms with Crippen molar-refractivity contribution >= 4 is 11.7 Å². The summed E-state index contributed by atoms with van der Waals surface area (Å²) in [5.41, 5.74) is 0.988. The number of carbonyl (C=O) groups excluding carboxylic acids is 2. The molecule has 2 rings (SSSR count). The monoisotopic (exact) mass is 303 g/mol. The zero-order chi connectivity index (χ0) is 16.3. The molecule has 0 spiro atoms. The van der Waals surface area contributed by atoms with E-state index in [9.17, 15) is 14.7 Å². The minimum Gasteiger partial charge on any atom is -0.503 e. The van der Waals surface area contributed by atoms with Crippen LogP contribution in [0.25, 0.3) is 0 Å². The van der Waals surface area contributed by atoms with Crippen molar-refractivity contribution in [2.75, 3.05) is 20.3 Å². The van der Waals surface area contributed by atoms with Gasteiger partial charge >= 0.3 is 0 Å². The molecule has 1 heterocycles.